The Morgan fingerprint density at radius 1 is 0.944 bits per heavy atom. The first-order valence-corrected chi connectivity index (χ1v) is 7.63. The molecule has 0 aliphatic heterocycles. The number of halogens is 2. The van der Waals surface area contributed by atoms with Gasteiger partial charge in [0.2, 0.25) is 5.92 Å². The van der Waals surface area contributed by atoms with Crippen LogP contribution < -0.4 is 5.73 Å². The first-order valence-electron chi connectivity index (χ1n) is 7.63. The predicted molar refractivity (Wildman–Crippen MR) is 70.7 cm³/mol. The molecular weight excluding hydrogens is 232 g/mol. The Morgan fingerprint density at radius 2 is 1.56 bits per heavy atom. The van der Waals surface area contributed by atoms with Crippen LogP contribution in [0.2, 0.25) is 0 Å². The summed E-state index contributed by atoms with van der Waals surface area (Å²) in [6, 6.07) is 0. The maximum absolute atomic E-state index is 13.3. The SMILES string of the molecule is NCC1(CC2CCC(F)(F)C2)CCCCCCC1. The molecule has 2 rings (SSSR count). The average molecular weight is 259 g/mol. The number of hydrogen-bond acceptors (Lipinski definition) is 1. The van der Waals surface area contributed by atoms with Gasteiger partial charge in [0.05, 0.1) is 0 Å². The van der Waals surface area contributed by atoms with Crippen LogP contribution in [0.25, 0.3) is 0 Å². The highest BCUT2D eigenvalue weighted by molar-refractivity contribution is 4.89. The topological polar surface area (TPSA) is 26.0 Å². The molecule has 2 aliphatic carbocycles. The third-order valence-corrected chi connectivity index (χ3v) is 5.07. The number of hydrogen-bond donors (Lipinski definition) is 1. The summed E-state index contributed by atoms with van der Waals surface area (Å²) in [4.78, 5) is 0. The molecule has 2 saturated carbocycles. The number of rotatable bonds is 3. The van der Waals surface area contributed by atoms with Crippen molar-refractivity contribution in [3.05, 3.63) is 0 Å². The standard InChI is InChI=1S/C15H27F2N/c16-15(17)9-6-13(11-15)10-14(12-18)7-4-2-1-3-5-8-14/h13H,1-12,18H2. The smallest absolute Gasteiger partial charge is 0.248 e. The normalized spacial score (nSPS) is 31.8. The Labute approximate surface area is 110 Å². The maximum Gasteiger partial charge on any atom is 0.248 e. The molecule has 0 aromatic carbocycles. The van der Waals surface area contributed by atoms with Crippen LogP contribution in [0.15, 0.2) is 0 Å². The van der Waals surface area contributed by atoms with E-state index in [0.717, 1.165) is 19.3 Å². The molecule has 3 heteroatoms. The van der Waals surface area contributed by atoms with Crippen LogP contribution in [0, 0.1) is 11.3 Å². The molecule has 1 unspecified atom stereocenters. The van der Waals surface area contributed by atoms with E-state index in [9.17, 15) is 8.78 Å². The minimum absolute atomic E-state index is 0.0956. The van der Waals surface area contributed by atoms with Crippen molar-refractivity contribution in [2.45, 2.75) is 76.6 Å². The molecule has 2 N–H and O–H groups in total. The summed E-state index contributed by atoms with van der Waals surface area (Å²) in [5.74, 6) is -2.19. The zero-order valence-electron chi connectivity index (χ0n) is 11.4. The Kier molecular flexibility index (Phi) is 4.63. The second-order valence-electron chi connectivity index (χ2n) is 6.64. The summed E-state index contributed by atoms with van der Waals surface area (Å²) in [6.07, 6.45) is 10.6. The molecule has 1 nitrogen and oxygen atoms in total. The summed E-state index contributed by atoms with van der Waals surface area (Å²) < 4.78 is 26.6. The Bertz CT molecular complexity index is 257. The highest BCUT2D eigenvalue weighted by Crippen LogP contribution is 2.47. The lowest BCUT2D eigenvalue weighted by atomic mass is 9.70. The van der Waals surface area contributed by atoms with Crippen LogP contribution in [0.3, 0.4) is 0 Å². The van der Waals surface area contributed by atoms with Gasteiger partial charge in [0.25, 0.3) is 0 Å². The quantitative estimate of drug-likeness (QED) is 0.793. The minimum atomic E-state index is -2.40. The minimum Gasteiger partial charge on any atom is -0.330 e. The lowest BCUT2D eigenvalue weighted by Crippen LogP contribution is -2.33. The van der Waals surface area contributed by atoms with Crippen molar-refractivity contribution in [2.75, 3.05) is 6.54 Å². The first kappa shape index (κ1) is 14.2. The van der Waals surface area contributed by atoms with Gasteiger partial charge in [0.1, 0.15) is 0 Å². The van der Waals surface area contributed by atoms with Crippen LogP contribution in [0.4, 0.5) is 8.78 Å². The van der Waals surface area contributed by atoms with E-state index in [4.69, 9.17) is 5.73 Å². The van der Waals surface area contributed by atoms with Crippen LogP contribution in [0.5, 0.6) is 0 Å². The summed E-state index contributed by atoms with van der Waals surface area (Å²) >= 11 is 0. The third-order valence-electron chi connectivity index (χ3n) is 5.07. The van der Waals surface area contributed by atoms with Crippen molar-refractivity contribution in [1.29, 1.82) is 0 Å². The van der Waals surface area contributed by atoms with Gasteiger partial charge in [-0.2, -0.15) is 0 Å². The fraction of sp³-hybridized carbons (Fsp3) is 1.00. The van der Waals surface area contributed by atoms with E-state index in [2.05, 4.69) is 0 Å². The lowest BCUT2D eigenvalue weighted by Gasteiger charge is -2.36. The Balaban J connectivity index is 1.94. The van der Waals surface area contributed by atoms with Crippen LogP contribution in [0.1, 0.15) is 70.6 Å². The van der Waals surface area contributed by atoms with Gasteiger partial charge in [0.15, 0.2) is 0 Å². The molecule has 18 heavy (non-hydrogen) atoms. The number of alkyl halides is 2. The van der Waals surface area contributed by atoms with Crippen molar-refractivity contribution in [3.63, 3.8) is 0 Å². The van der Waals surface area contributed by atoms with Crippen molar-refractivity contribution >= 4 is 0 Å². The maximum atomic E-state index is 13.3. The molecule has 2 aliphatic rings. The van der Waals surface area contributed by atoms with Gasteiger partial charge in [-0.3, -0.25) is 0 Å². The highest BCUT2D eigenvalue weighted by atomic mass is 19.3. The van der Waals surface area contributed by atoms with E-state index in [0.29, 0.717) is 13.0 Å². The summed E-state index contributed by atoms with van der Waals surface area (Å²) in [6.45, 7) is 0.690. The van der Waals surface area contributed by atoms with Crippen LogP contribution in [-0.4, -0.2) is 12.5 Å². The molecule has 1 atom stereocenters. The second-order valence-corrected chi connectivity index (χ2v) is 6.64. The van der Waals surface area contributed by atoms with Gasteiger partial charge >= 0.3 is 0 Å². The summed E-state index contributed by atoms with van der Waals surface area (Å²) in [7, 11) is 0. The monoisotopic (exact) mass is 259 g/mol. The van der Waals surface area contributed by atoms with E-state index in [-0.39, 0.29) is 24.2 Å². The van der Waals surface area contributed by atoms with Crippen molar-refractivity contribution in [1.82, 2.24) is 0 Å². The molecule has 0 aromatic rings. The number of nitrogens with two attached hydrogens (primary N) is 1. The van der Waals surface area contributed by atoms with Crippen LogP contribution >= 0.6 is 0 Å². The molecule has 0 spiro atoms. The third kappa shape index (κ3) is 3.66. The molecule has 2 fully saturated rings. The molecule has 0 aromatic heterocycles. The van der Waals surface area contributed by atoms with Gasteiger partial charge in [-0.25, -0.2) is 8.78 Å². The lowest BCUT2D eigenvalue weighted by molar-refractivity contribution is 0.00212. The van der Waals surface area contributed by atoms with E-state index < -0.39 is 5.92 Å². The first-order chi connectivity index (χ1) is 8.55. The zero-order chi connectivity index (χ0) is 13.1. The van der Waals surface area contributed by atoms with Gasteiger partial charge in [-0.1, -0.05) is 32.1 Å². The fourth-order valence-electron chi connectivity index (χ4n) is 3.98. The Morgan fingerprint density at radius 3 is 2.06 bits per heavy atom. The van der Waals surface area contributed by atoms with Crippen molar-refractivity contribution < 1.29 is 8.78 Å². The molecule has 106 valence electrons. The average Bonchev–Trinajstić information content (AvgIpc) is 2.62. The second kappa shape index (κ2) is 5.85. The predicted octanol–water partition coefficient (Wildman–Crippen LogP) is 4.50. The van der Waals surface area contributed by atoms with Crippen molar-refractivity contribution in [3.8, 4) is 0 Å². The summed E-state index contributed by atoms with van der Waals surface area (Å²) in [5.41, 5.74) is 6.19. The molecule has 0 heterocycles. The fourth-order valence-corrected chi connectivity index (χ4v) is 3.98. The molecular formula is C15H27F2N. The summed E-state index contributed by atoms with van der Waals surface area (Å²) in [5, 5.41) is 0. The van der Waals surface area contributed by atoms with Gasteiger partial charge < -0.3 is 5.73 Å². The van der Waals surface area contributed by atoms with E-state index in [1.54, 1.807) is 0 Å². The zero-order valence-corrected chi connectivity index (χ0v) is 11.4. The molecule has 0 saturated heterocycles. The van der Waals surface area contributed by atoms with Crippen LogP contribution in [-0.2, 0) is 0 Å². The molecule has 0 bridgehead atoms. The van der Waals surface area contributed by atoms with E-state index in [1.165, 1.54) is 32.1 Å². The largest absolute Gasteiger partial charge is 0.330 e. The van der Waals surface area contributed by atoms with Gasteiger partial charge in [-0.05, 0) is 43.6 Å². The van der Waals surface area contributed by atoms with Crippen molar-refractivity contribution in [2.24, 2.45) is 17.1 Å². The highest BCUT2D eigenvalue weighted by Gasteiger charge is 2.42. The van der Waals surface area contributed by atoms with Gasteiger partial charge in [0, 0.05) is 12.8 Å². The van der Waals surface area contributed by atoms with E-state index >= 15 is 0 Å². The Hall–Kier alpha value is -0.180. The van der Waals surface area contributed by atoms with Gasteiger partial charge in [-0.15, -0.1) is 0 Å². The molecule has 0 radical (unpaired) electrons. The molecule has 0 amide bonds. The van der Waals surface area contributed by atoms with E-state index in [1.807, 2.05) is 0 Å².